The zero-order valence-corrected chi connectivity index (χ0v) is 9.15. The summed E-state index contributed by atoms with van der Waals surface area (Å²) >= 11 is 1.48. The molecule has 1 aromatic heterocycles. The molecular formula is C12H9NO2S. The maximum Gasteiger partial charge on any atom is 0.151 e. The number of aromatic hydroxyl groups is 1. The Morgan fingerprint density at radius 3 is 2.44 bits per heavy atom. The number of nitrogens with zero attached hydrogens (tertiary/aromatic N) is 1. The van der Waals surface area contributed by atoms with Crippen molar-refractivity contribution in [2.75, 3.05) is 0 Å². The molecule has 0 fully saturated rings. The van der Waals surface area contributed by atoms with Crippen LogP contribution < -0.4 is 0 Å². The Morgan fingerprint density at radius 1 is 1.12 bits per heavy atom. The van der Waals surface area contributed by atoms with E-state index in [0.717, 1.165) is 16.2 Å². The summed E-state index contributed by atoms with van der Waals surface area (Å²) in [5.41, 5.74) is 0.565. The lowest BCUT2D eigenvalue weighted by molar-refractivity contribution is 0.112. The number of hydrogen-bond donors (Lipinski definition) is 1. The Balaban J connectivity index is 2.14. The van der Waals surface area contributed by atoms with Gasteiger partial charge in [0.15, 0.2) is 6.29 Å². The first-order valence-corrected chi connectivity index (χ1v) is 5.48. The van der Waals surface area contributed by atoms with Crippen LogP contribution in [-0.4, -0.2) is 16.4 Å². The molecule has 0 aliphatic rings. The van der Waals surface area contributed by atoms with Gasteiger partial charge in [-0.2, -0.15) is 0 Å². The number of pyridine rings is 1. The molecule has 16 heavy (non-hydrogen) atoms. The van der Waals surface area contributed by atoms with Gasteiger partial charge in [-0.25, -0.2) is 4.98 Å². The summed E-state index contributed by atoms with van der Waals surface area (Å²) in [7, 11) is 0. The molecular weight excluding hydrogens is 222 g/mol. The minimum absolute atomic E-state index is 0.244. The molecule has 0 spiro atoms. The number of carbonyl (C=O) groups excluding carboxylic acids is 1. The lowest BCUT2D eigenvalue weighted by Gasteiger charge is -2.00. The zero-order valence-electron chi connectivity index (χ0n) is 8.33. The number of phenols is 1. The van der Waals surface area contributed by atoms with Gasteiger partial charge in [0.1, 0.15) is 10.8 Å². The number of benzene rings is 1. The molecule has 0 unspecified atom stereocenters. The molecule has 0 aliphatic carbocycles. The summed E-state index contributed by atoms with van der Waals surface area (Å²) in [6, 6.07) is 10.4. The molecule has 0 radical (unpaired) electrons. The minimum Gasteiger partial charge on any atom is -0.508 e. The molecule has 4 heteroatoms. The average molecular weight is 231 g/mol. The fourth-order valence-corrected chi connectivity index (χ4v) is 1.91. The highest BCUT2D eigenvalue weighted by Gasteiger charge is 1.99. The van der Waals surface area contributed by atoms with Crippen LogP contribution in [0.5, 0.6) is 5.75 Å². The molecule has 2 aromatic rings. The summed E-state index contributed by atoms with van der Waals surface area (Å²) < 4.78 is 0. The van der Waals surface area contributed by atoms with E-state index in [-0.39, 0.29) is 5.75 Å². The van der Waals surface area contributed by atoms with Crippen LogP contribution in [0, 0.1) is 0 Å². The normalized spacial score (nSPS) is 10.0. The number of carbonyl (C=O) groups is 1. The Hall–Kier alpha value is -1.81. The summed E-state index contributed by atoms with van der Waals surface area (Å²) in [6.07, 6.45) is 2.30. The highest BCUT2D eigenvalue weighted by molar-refractivity contribution is 7.99. The quantitative estimate of drug-likeness (QED) is 0.825. The van der Waals surface area contributed by atoms with E-state index in [1.165, 1.54) is 18.0 Å². The average Bonchev–Trinajstić information content (AvgIpc) is 2.33. The van der Waals surface area contributed by atoms with Crippen LogP contribution in [0.2, 0.25) is 0 Å². The van der Waals surface area contributed by atoms with Crippen molar-refractivity contribution in [3.8, 4) is 5.75 Å². The van der Waals surface area contributed by atoms with Gasteiger partial charge in [-0.05, 0) is 36.4 Å². The monoisotopic (exact) mass is 231 g/mol. The third kappa shape index (κ3) is 2.61. The van der Waals surface area contributed by atoms with Crippen LogP contribution in [-0.2, 0) is 0 Å². The summed E-state index contributed by atoms with van der Waals surface area (Å²) in [4.78, 5) is 15.6. The molecule has 0 saturated carbocycles. The van der Waals surface area contributed by atoms with Crippen LogP contribution in [0.1, 0.15) is 10.4 Å². The van der Waals surface area contributed by atoms with E-state index in [2.05, 4.69) is 4.98 Å². The molecule has 2 rings (SSSR count). The van der Waals surface area contributed by atoms with Gasteiger partial charge in [-0.3, -0.25) is 4.79 Å². The van der Waals surface area contributed by atoms with Crippen LogP contribution in [0.3, 0.4) is 0 Å². The van der Waals surface area contributed by atoms with Gasteiger partial charge < -0.3 is 5.11 Å². The number of aldehydes is 1. The Labute approximate surface area is 97.2 Å². The number of hydrogen-bond acceptors (Lipinski definition) is 4. The maximum absolute atomic E-state index is 10.4. The van der Waals surface area contributed by atoms with Crippen molar-refractivity contribution < 1.29 is 9.90 Å². The largest absolute Gasteiger partial charge is 0.508 e. The van der Waals surface area contributed by atoms with E-state index in [1.54, 1.807) is 24.3 Å². The second kappa shape index (κ2) is 4.81. The standard InChI is InChI=1S/C12H9NO2S/c14-8-9-1-6-12(13-7-9)16-11-4-2-10(15)3-5-11/h1-8,15H. The lowest BCUT2D eigenvalue weighted by atomic mass is 10.3. The lowest BCUT2D eigenvalue weighted by Crippen LogP contribution is -1.83. The van der Waals surface area contributed by atoms with E-state index >= 15 is 0 Å². The van der Waals surface area contributed by atoms with E-state index < -0.39 is 0 Å². The van der Waals surface area contributed by atoms with Crippen molar-refractivity contribution >= 4 is 18.0 Å². The second-order valence-electron chi connectivity index (χ2n) is 3.14. The summed E-state index contributed by atoms with van der Waals surface area (Å²) in [5, 5.41) is 9.94. The predicted molar refractivity (Wildman–Crippen MR) is 61.9 cm³/mol. The summed E-state index contributed by atoms with van der Waals surface area (Å²) in [6.45, 7) is 0. The van der Waals surface area contributed by atoms with Crippen molar-refractivity contribution in [1.82, 2.24) is 4.98 Å². The van der Waals surface area contributed by atoms with Crippen LogP contribution in [0.15, 0.2) is 52.5 Å². The van der Waals surface area contributed by atoms with Gasteiger partial charge in [0.05, 0.1) is 0 Å². The topological polar surface area (TPSA) is 50.2 Å². The number of phenolic OH excluding ortho intramolecular Hbond substituents is 1. The Kier molecular flexibility index (Phi) is 3.22. The summed E-state index contributed by atoms with van der Waals surface area (Å²) in [5.74, 6) is 0.244. The number of aromatic nitrogens is 1. The first-order chi connectivity index (χ1) is 7.78. The van der Waals surface area contributed by atoms with Crippen molar-refractivity contribution in [3.05, 3.63) is 48.2 Å². The van der Waals surface area contributed by atoms with Crippen molar-refractivity contribution in [2.24, 2.45) is 0 Å². The van der Waals surface area contributed by atoms with Crippen LogP contribution in [0.25, 0.3) is 0 Å². The van der Waals surface area contributed by atoms with Gasteiger partial charge in [0.25, 0.3) is 0 Å². The second-order valence-corrected chi connectivity index (χ2v) is 4.24. The fraction of sp³-hybridized carbons (Fsp3) is 0. The third-order valence-corrected chi connectivity index (χ3v) is 2.91. The zero-order chi connectivity index (χ0) is 11.4. The molecule has 1 heterocycles. The highest BCUT2D eigenvalue weighted by atomic mass is 32.2. The maximum atomic E-state index is 10.4. The molecule has 80 valence electrons. The van der Waals surface area contributed by atoms with Crippen molar-refractivity contribution in [2.45, 2.75) is 9.92 Å². The van der Waals surface area contributed by atoms with Gasteiger partial charge in [-0.15, -0.1) is 0 Å². The number of rotatable bonds is 3. The molecule has 3 nitrogen and oxygen atoms in total. The van der Waals surface area contributed by atoms with E-state index in [0.29, 0.717) is 5.56 Å². The fourth-order valence-electron chi connectivity index (χ4n) is 1.16. The SMILES string of the molecule is O=Cc1ccc(Sc2ccc(O)cc2)nc1. The molecule has 0 atom stereocenters. The molecule has 1 N–H and O–H groups in total. The van der Waals surface area contributed by atoms with E-state index in [9.17, 15) is 4.79 Å². The Bertz CT molecular complexity index is 479. The highest BCUT2D eigenvalue weighted by Crippen LogP contribution is 2.26. The van der Waals surface area contributed by atoms with Crippen LogP contribution >= 0.6 is 11.8 Å². The van der Waals surface area contributed by atoms with Gasteiger partial charge in [-0.1, -0.05) is 11.8 Å². The van der Waals surface area contributed by atoms with E-state index in [4.69, 9.17) is 5.11 Å². The van der Waals surface area contributed by atoms with Gasteiger partial charge >= 0.3 is 0 Å². The van der Waals surface area contributed by atoms with E-state index in [1.807, 2.05) is 12.1 Å². The smallest absolute Gasteiger partial charge is 0.151 e. The first-order valence-electron chi connectivity index (χ1n) is 4.66. The first kappa shape index (κ1) is 10.7. The molecule has 1 aromatic carbocycles. The van der Waals surface area contributed by atoms with Crippen LogP contribution in [0.4, 0.5) is 0 Å². The third-order valence-electron chi connectivity index (χ3n) is 1.95. The van der Waals surface area contributed by atoms with Gasteiger partial charge in [0.2, 0.25) is 0 Å². The Morgan fingerprint density at radius 2 is 1.88 bits per heavy atom. The molecule has 0 bridgehead atoms. The van der Waals surface area contributed by atoms with Crippen molar-refractivity contribution in [1.29, 1.82) is 0 Å². The molecule has 0 saturated heterocycles. The van der Waals surface area contributed by atoms with Crippen molar-refractivity contribution in [3.63, 3.8) is 0 Å². The molecule has 0 amide bonds. The minimum atomic E-state index is 0.244. The predicted octanol–water partition coefficient (Wildman–Crippen LogP) is 2.75. The molecule has 0 aliphatic heterocycles. The van der Waals surface area contributed by atoms with Gasteiger partial charge in [0, 0.05) is 16.7 Å².